The van der Waals surface area contributed by atoms with Gasteiger partial charge in [0, 0.05) is 18.0 Å². The number of hydrogen-bond acceptors (Lipinski definition) is 2. The topological polar surface area (TPSA) is 21.3 Å². The fourth-order valence-corrected chi connectivity index (χ4v) is 2.59. The number of hydrogen-bond donors (Lipinski definition) is 1. The van der Waals surface area contributed by atoms with Crippen LogP contribution in [0.3, 0.4) is 0 Å². The molecule has 0 spiro atoms. The van der Waals surface area contributed by atoms with Crippen LogP contribution in [0.1, 0.15) is 48.9 Å². The molecule has 0 aliphatic carbocycles. The number of ether oxygens (including phenoxy) is 1. The Labute approximate surface area is 104 Å². The number of nitrogens with one attached hydrogen (secondary N) is 1. The van der Waals surface area contributed by atoms with Crippen molar-refractivity contribution in [3.8, 4) is 5.75 Å². The maximum atomic E-state index is 5.78. The molecule has 1 aromatic carbocycles. The molecular weight excluding hydrogens is 210 g/mol. The van der Waals surface area contributed by atoms with Crippen LogP contribution in [0.4, 0.5) is 0 Å². The Kier molecular flexibility index (Phi) is 4.06. The second kappa shape index (κ2) is 5.54. The van der Waals surface area contributed by atoms with E-state index in [1.165, 1.54) is 29.5 Å². The molecular formula is C15H23NO. The Balaban J connectivity index is 2.18. The Morgan fingerprint density at radius 1 is 1.35 bits per heavy atom. The third-order valence-electron chi connectivity index (χ3n) is 3.43. The van der Waals surface area contributed by atoms with Crippen LogP contribution in [-0.4, -0.2) is 13.2 Å². The molecule has 1 aliphatic heterocycles. The molecule has 17 heavy (non-hydrogen) atoms. The molecule has 1 unspecified atom stereocenters. The molecule has 1 atom stereocenters. The van der Waals surface area contributed by atoms with Crippen LogP contribution in [0.2, 0.25) is 0 Å². The van der Waals surface area contributed by atoms with Gasteiger partial charge in [-0.05, 0) is 44.0 Å². The fraction of sp³-hybridized carbons (Fsp3) is 0.600. The third-order valence-corrected chi connectivity index (χ3v) is 3.43. The molecule has 2 rings (SSSR count). The summed E-state index contributed by atoms with van der Waals surface area (Å²) in [6.07, 6.45) is 3.58. The maximum absolute atomic E-state index is 5.78. The SMILES string of the molecule is CCCCNC1CCOc2cc(C)cc(C)c21. The van der Waals surface area contributed by atoms with Crippen LogP contribution < -0.4 is 10.1 Å². The zero-order valence-corrected chi connectivity index (χ0v) is 11.2. The quantitative estimate of drug-likeness (QED) is 0.803. The number of unbranched alkanes of at least 4 members (excludes halogenated alkanes) is 1. The van der Waals surface area contributed by atoms with Crippen LogP contribution in [0.25, 0.3) is 0 Å². The van der Waals surface area contributed by atoms with Crippen molar-refractivity contribution in [3.05, 3.63) is 28.8 Å². The van der Waals surface area contributed by atoms with Crippen molar-refractivity contribution in [2.75, 3.05) is 13.2 Å². The van der Waals surface area contributed by atoms with Crippen LogP contribution in [0.5, 0.6) is 5.75 Å². The zero-order chi connectivity index (χ0) is 12.3. The molecule has 0 saturated heterocycles. The largest absolute Gasteiger partial charge is 0.493 e. The van der Waals surface area contributed by atoms with Gasteiger partial charge in [-0.25, -0.2) is 0 Å². The summed E-state index contributed by atoms with van der Waals surface area (Å²) in [5, 5.41) is 3.66. The summed E-state index contributed by atoms with van der Waals surface area (Å²) in [6, 6.07) is 4.89. The lowest BCUT2D eigenvalue weighted by Crippen LogP contribution is -2.28. The average Bonchev–Trinajstić information content (AvgIpc) is 2.28. The Morgan fingerprint density at radius 3 is 2.94 bits per heavy atom. The fourth-order valence-electron chi connectivity index (χ4n) is 2.59. The second-order valence-corrected chi connectivity index (χ2v) is 4.99. The molecule has 0 saturated carbocycles. The van der Waals surface area contributed by atoms with Gasteiger partial charge in [-0.15, -0.1) is 0 Å². The van der Waals surface area contributed by atoms with Crippen molar-refractivity contribution in [2.24, 2.45) is 0 Å². The molecule has 0 amide bonds. The van der Waals surface area contributed by atoms with E-state index >= 15 is 0 Å². The zero-order valence-electron chi connectivity index (χ0n) is 11.2. The summed E-state index contributed by atoms with van der Waals surface area (Å²) in [6.45, 7) is 8.49. The minimum absolute atomic E-state index is 0.478. The van der Waals surface area contributed by atoms with Gasteiger partial charge in [-0.2, -0.15) is 0 Å². The third kappa shape index (κ3) is 2.81. The lowest BCUT2D eigenvalue weighted by molar-refractivity contribution is 0.251. The summed E-state index contributed by atoms with van der Waals surface area (Å²) in [5.41, 5.74) is 4.02. The van der Waals surface area contributed by atoms with Crippen LogP contribution in [-0.2, 0) is 0 Å². The van der Waals surface area contributed by atoms with Crippen LogP contribution >= 0.6 is 0 Å². The minimum Gasteiger partial charge on any atom is -0.493 e. The first-order valence-corrected chi connectivity index (χ1v) is 6.69. The van der Waals surface area contributed by atoms with E-state index in [9.17, 15) is 0 Å². The summed E-state index contributed by atoms with van der Waals surface area (Å²) < 4.78 is 5.78. The lowest BCUT2D eigenvalue weighted by atomic mass is 9.94. The molecule has 1 heterocycles. The smallest absolute Gasteiger partial charge is 0.124 e. The highest BCUT2D eigenvalue weighted by atomic mass is 16.5. The number of rotatable bonds is 4. The van der Waals surface area contributed by atoms with Gasteiger partial charge >= 0.3 is 0 Å². The average molecular weight is 233 g/mol. The van der Waals surface area contributed by atoms with E-state index in [0.29, 0.717) is 6.04 Å². The molecule has 94 valence electrons. The normalized spacial score (nSPS) is 18.6. The van der Waals surface area contributed by atoms with Gasteiger partial charge in [0.15, 0.2) is 0 Å². The molecule has 0 fully saturated rings. The highest BCUT2D eigenvalue weighted by Gasteiger charge is 2.22. The first-order valence-electron chi connectivity index (χ1n) is 6.69. The summed E-state index contributed by atoms with van der Waals surface area (Å²) in [5.74, 6) is 1.09. The number of fused-ring (bicyclic) bond motifs is 1. The molecule has 0 aromatic heterocycles. The number of aryl methyl sites for hydroxylation is 2. The van der Waals surface area contributed by atoms with Gasteiger partial charge in [0.25, 0.3) is 0 Å². The van der Waals surface area contributed by atoms with Crippen molar-refractivity contribution in [1.29, 1.82) is 0 Å². The van der Waals surface area contributed by atoms with E-state index in [1.807, 2.05) is 0 Å². The highest BCUT2D eigenvalue weighted by Crippen LogP contribution is 2.35. The molecule has 1 aliphatic rings. The van der Waals surface area contributed by atoms with Gasteiger partial charge in [-0.1, -0.05) is 19.4 Å². The van der Waals surface area contributed by atoms with Gasteiger partial charge in [0.1, 0.15) is 5.75 Å². The molecule has 0 radical (unpaired) electrons. The van der Waals surface area contributed by atoms with Crippen LogP contribution in [0, 0.1) is 13.8 Å². The van der Waals surface area contributed by atoms with Gasteiger partial charge in [-0.3, -0.25) is 0 Å². The van der Waals surface area contributed by atoms with Crippen molar-refractivity contribution >= 4 is 0 Å². The van der Waals surface area contributed by atoms with E-state index < -0.39 is 0 Å². The van der Waals surface area contributed by atoms with E-state index in [-0.39, 0.29) is 0 Å². The highest BCUT2D eigenvalue weighted by molar-refractivity contribution is 5.46. The van der Waals surface area contributed by atoms with Gasteiger partial charge in [0.05, 0.1) is 6.61 Å². The second-order valence-electron chi connectivity index (χ2n) is 4.99. The lowest BCUT2D eigenvalue weighted by Gasteiger charge is -2.29. The molecule has 2 nitrogen and oxygen atoms in total. The summed E-state index contributed by atoms with van der Waals surface area (Å²) >= 11 is 0. The first-order chi connectivity index (χ1) is 8.22. The van der Waals surface area contributed by atoms with E-state index in [0.717, 1.165) is 25.3 Å². The Morgan fingerprint density at radius 2 is 2.18 bits per heavy atom. The van der Waals surface area contributed by atoms with Gasteiger partial charge in [0.2, 0.25) is 0 Å². The molecule has 2 heteroatoms. The monoisotopic (exact) mass is 233 g/mol. The summed E-state index contributed by atoms with van der Waals surface area (Å²) in [4.78, 5) is 0. The Bertz CT molecular complexity index is 387. The van der Waals surface area contributed by atoms with Gasteiger partial charge < -0.3 is 10.1 Å². The van der Waals surface area contributed by atoms with E-state index in [4.69, 9.17) is 4.74 Å². The summed E-state index contributed by atoms with van der Waals surface area (Å²) in [7, 11) is 0. The maximum Gasteiger partial charge on any atom is 0.124 e. The predicted molar refractivity (Wildman–Crippen MR) is 71.7 cm³/mol. The first kappa shape index (κ1) is 12.4. The molecule has 1 aromatic rings. The number of benzene rings is 1. The van der Waals surface area contributed by atoms with E-state index in [1.54, 1.807) is 0 Å². The molecule has 1 N–H and O–H groups in total. The standard InChI is InChI=1S/C15H23NO/c1-4-5-7-16-13-6-8-17-14-10-11(2)9-12(3)15(13)14/h9-10,13,16H,4-8H2,1-3H3. The van der Waals surface area contributed by atoms with Crippen molar-refractivity contribution < 1.29 is 4.74 Å². The van der Waals surface area contributed by atoms with E-state index in [2.05, 4.69) is 38.2 Å². The van der Waals surface area contributed by atoms with Crippen molar-refractivity contribution in [2.45, 2.75) is 46.1 Å². The predicted octanol–water partition coefficient (Wildman–Crippen LogP) is 3.52. The van der Waals surface area contributed by atoms with Crippen LogP contribution in [0.15, 0.2) is 12.1 Å². The van der Waals surface area contributed by atoms with Crippen molar-refractivity contribution in [3.63, 3.8) is 0 Å². The Hall–Kier alpha value is -1.02. The van der Waals surface area contributed by atoms with Crippen molar-refractivity contribution in [1.82, 2.24) is 5.32 Å². The molecule has 0 bridgehead atoms. The minimum atomic E-state index is 0.478.